The molecule has 0 amide bonds. The number of hydrogen-bond acceptors (Lipinski definition) is 3. The van der Waals surface area contributed by atoms with Crippen molar-refractivity contribution in [1.82, 2.24) is 4.98 Å². The van der Waals surface area contributed by atoms with Crippen molar-refractivity contribution in [2.24, 2.45) is 0 Å². The Balaban J connectivity index is 2.37. The Morgan fingerprint density at radius 1 is 1.50 bits per heavy atom. The molecule has 90 valence electrons. The number of nitrogens with one attached hydrogen (secondary N) is 1. The lowest BCUT2D eigenvalue weighted by molar-refractivity contribution is 0.196. The first-order chi connectivity index (χ1) is 7.63. The molecule has 0 aliphatic carbocycles. The average molecular weight is 284 g/mol. The van der Waals surface area contributed by atoms with Crippen LogP contribution < -0.4 is 5.32 Å². The number of nitrogens with zero attached hydrogens (tertiary/aromatic N) is 1. The second-order valence-corrected chi connectivity index (χ2v) is 4.71. The molecule has 0 aliphatic rings. The van der Waals surface area contributed by atoms with Crippen LogP contribution in [0.5, 0.6) is 0 Å². The lowest BCUT2D eigenvalue weighted by atomic mass is 10.3. The second-order valence-electron chi connectivity index (χ2n) is 3.25. The van der Waals surface area contributed by atoms with Gasteiger partial charge in [-0.2, -0.15) is 0 Å². The van der Waals surface area contributed by atoms with Crippen LogP contribution in [0, 0.1) is 0 Å². The van der Waals surface area contributed by atoms with Crippen LogP contribution in [0.2, 0.25) is 10.0 Å². The molecule has 1 rings (SSSR count). The Labute approximate surface area is 110 Å². The van der Waals surface area contributed by atoms with Crippen LogP contribution in [0.3, 0.4) is 0 Å². The predicted octanol–water partition coefficient (Wildman–Crippen LogP) is 3.44. The topological polar surface area (TPSA) is 34.1 Å². The molecule has 1 heterocycles. The van der Waals surface area contributed by atoms with Crippen LogP contribution in [-0.2, 0) is 4.74 Å². The van der Waals surface area contributed by atoms with Gasteiger partial charge in [0.15, 0.2) is 0 Å². The summed E-state index contributed by atoms with van der Waals surface area (Å²) in [5.74, 6) is 0.618. The normalized spacial score (nSPS) is 12.5. The predicted molar refractivity (Wildman–Crippen MR) is 68.9 cm³/mol. The highest BCUT2D eigenvalue weighted by atomic mass is 35.5. The quantitative estimate of drug-likeness (QED) is 0.812. The maximum Gasteiger partial charge on any atom is 0.144 e. The molecule has 0 saturated heterocycles. The number of rotatable bonds is 6. The fraction of sp³-hybridized carbons (Fsp3) is 0.500. The Kier molecular flexibility index (Phi) is 6.21. The maximum absolute atomic E-state index is 5.97. The van der Waals surface area contributed by atoms with E-state index in [1.54, 1.807) is 19.4 Å². The first-order valence-corrected chi connectivity index (χ1v) is 6.00. The minimum absolute atomic E-state index is 0.0106. The largest absolute Gasteiger partial charge is 0.383 e. The van der Waals surface area contributed by atoms with Crippen LogP contribution in [0.25, 0.3) is 0 Å². The summed E-state index contributed by atoms with van der Waals surface area (Å²) >= 11 is 17.6. The molecule has 0 fully saturated rings. The van der Waals surface area contributed by atoms with E-state index in [0.717, 1.165) is 6.42 Å². The standard InChI is InChI=1S/C10H13Cl3N2O/c1-16-6-7(11)2-3-14-10-9(13)4-8(12)5-15-10/h4-5,7H,2-3,6H2,1H3,(H,14,15). The van der Waals surface area contributed by atoms with Crippen LogP contribution in [-0.4, -0.2) is 30.6 Å². The highest BCUT2D eigenvalue weighted by molar-refractivity contribution is 6.35. The van der Waals surface area contributed by atoms with Crippen molar-refractivity contribution in [1.29, 1.82) is 0 Å². The van der Waals surface area contributed by atoms with Gasteiger partial charge in [-0.3, -0.25) is 0 Å². The number of ether oxygens (including phenoxy) is 1. The molecule has 1 N–H and O–H groups in total. The molecule has 1 aromatic heterocycles. The molecule has 1 atom stereocenters. The summed E-state index contributed by atoms with van der Waals surface area (Å²) in [6.45, 7) is 1.22. The van der Waals surface area contributed by atoms with Gasteiger partial charge >= 0.3 is 0 Å². The molecule has 0 spiro atoms. The lowest BCUT2D eigenvalue weighted by Gasteiger charge is -2.10. The zero-order valence-electron chi connectivity index (χ0n) is 8.84. The van der Waals surface area contributed by atoms with Gasteiger partial charge in [0.1, 0.15) is 5.82 Å². The zero-order chi connectivity index (χ0) is 12.0. The minimum Gasteiger partial charge on any atom is -0.383 e. The molecule has 1 aromatic rings. The van der Waals surface area contributed by atoms with E-state index >= 15 is 0 Å². The second kappa shape index (κ2) is 7.17. The van der Waals surface area contributed by atoms with Gasteiger partial charge in [0.2, 0.25) is 0 Å². The molecule has 0 aliphatic heterocycles. The summed E-state index contributed by atoms with van der Waals surface area (Å²) in [5.41, 5.74) is 0. The third kappa shape index (κ3) is 4.74. The molecule has 0 radical (unpaired) electrons. The van der Waals surface area contributed by atoms with E-state index in [-0.39, 0.29) is 5.38 Å². The number of hydrogen-bond donors (Lipinski definition) is 1. The number of halogens is 3. The third-order valence-electron chi connectivity index (χ3n) is 1.91. The van der Waals surface area contributed by atoms with Crippen molar-refractivity contribution >= 4 is 40.6 Å². The minimum atomic E-state index is -0.0106. The maximum atomic E-state index is 5.97. The summed E-state index contributed by atoms with van der Waals surface area (Å²) in [4.78, 5) is 4.07. The van der Waals surface area contributed by atoms with Gasteiger partial charge in [0.05, 0.1) is 22.0 Å². The molecule has 0 aromatic carbocycles. The van der Waals surface area contributed by atoms with Crippen molar-refractivity contribution in [2.45, 2.75) is 11.8 Å². The van der Waals surface area contributed by atoms with E-state index < -0.39 is 0 Å². The molecule has 16 heavy (non-hydrogen) atoms. The van der Waals surface area contributed by atoms with Crippen LogP contribution in [0.15, 0.2) is 12.3 Å². The monoisotopic (exact) mass is 282 g/mol. The van der Waals surface area contributed by atoms with Crippen molar-refractivity contribution in [3.8, 4) is 0 Å². The SMILES string of the molecule is COCC(Cl)CCNc1ncc(Cl)cc1Cl. The van der Waals surface area contributed by atoms with Gasteiger partial charge in [-0.25, -0.2) is 4.98 Å². The number of alkyl halides is 1. The van der Waals surface area contributed by atoms with E-state index in [2.05, 4.69) is 10.3 Å². The van der Waals surface area contributed by atoms with Gasteiger partial charge in [0.25, 0.3) is 0 Å². The first-order valence-electron chi connectivity index (χ1n) is 4.81. The highest BCUT2D eigenvalue weighted by Crippen LogP contribution is 2.22. The number of methoxy groups -OCH3 is 1. The van der Waals surface area contributed by atoms with Gasteiger partial charge in [-0.1, -0.05) is 23.2 Å². The Hall–Kier alpha value is -0.220. The Morgan fingerprint density at radius 2 is 2.25 bits per heavy atom. The molecule has 0 saturated carbocycles. The van der Waals surface area contributed by atoms with Crippen molar-refractivity contribution in [2.75, 3.05) is 25.6 Å². The van der Waals surface area contributed by atoms with E-state index in [4.69, 9.17) is 39.5 Å². The smallest absolute Gasteiger partial charge is 0.144 e. The van der Waals surface area contributed by atoms with E-state index in [0.29, 0.717) is 29.0 Å². The molecular formula is C10H13Cl3N2O. The first kappa shape index (κ1) is 13.8. The number of aromatic nitrogens is 1. The average Bonchev–Trinajstić information content (AvgIpc) is 2.22. The number of pyridine rings is 1. The van der Waals surface area contributed by atoms with E-state index in [9.17, 15) is 0 Å². The summed E-state index contributed by atoms with van der Waals surface area (Å²) in [6.07, 6.45) is 2.32. The van der Waals surface area contributed by atoms with Gasteiger partial charge in [0, 0.05) is 19.9 Å². The molecule has 6 heteroatoms. The molecule has 0 bridgehead atoms. The van der Waals surface area contributed by atoms with Crippen LogP contribution >= 0.6 is 34.8 Å². The summed E-state index contributed by atoms with van der Waals surface area (Å²) in [7, 11) is 1.63. The van der Waals surface area contributed by atoms with Gasteiger partial charge in [-0.15, -0.1) is 11.6 Å². The summed E-state index contributed by atoms with van der Waals surface area (Å²) < 4.78 is 4.93. The van der Waals surface area contributed by atoms with Crippen LogP contribution in [0.4, 0.5) is 5.82 Å². The Bertz CT molecular complexity index is 336. The van der Waals surface area contributed by atoms with Crippen molar-refractivity contribution < 1.29 is 4.74 Å². The third-order valence-corrected chi connectivity index (χ3v) is 2.74. The molecule has 1 unspecified atom stereocenters. The molecule has 3 nitrogen and oxygen atoms in total. The Morgan fingerprint density at radius 3 is 2.88 bits per heavy atom. The van der Waals surface area contributed by atoms with Gasteiger partial charge < -0.3 is 10.1 Å². The fourth-order valence-corrected chi connectivity index (χ4v) is 1.84. The van der Waals surface area contributed by atoms with Crippen molar-refractivity contribution in [3.63, 3.8) is 0 Å². The fourth-order valence-electron chi connectivity index (χ4n) is 1.16. The summed E-state index contributed by atoms with van der Waals surface area (Å²) in [6, 6.07) is 1.64. The summed E-state index contributed by atoms with van der Waals surface area (Å²) in [5, 5.41) is 4.10. The highest BCUT2D eigenvalue weighted by Gasteiger charge is 2.05. The van der Waals surface area contributed by atoms with Crippen molar-refractivity contribution in [3.05, 3.63) is 22.3 Å². The van der Waals surface area contributed by atoms with E-state index in [1.165, 1.54) is 0 Å². The lowest BCUT2D eigenvalue weighted by Crippen LogP contribution is -2.14. The molecular weight excluding hydrogens is 270 g/mol. The van der Waals surface area contributed by atoms with Crippen LogP contribution in [0.1, 0.15) is 6.42 Å². The van der Waals surface area contributed by atoms with Gasteiger partial charge in [-0.05, 0) is 12.5 Å². The van der Waals surface area contributed by atoms with E-state index in [1.807, 2.05) is 0 Å². The zero-order valence-corrected chi connectivity index (χ0v) is 11.1. The number of anilines is 1.